The number of rotatable bonds is 9. The van der Waals surface area contributed by atoms with Crippen LogP contribution in [0.2, 0.25) is 5.02 Å². The maximum absolute atomic E-state index is 6.17. The zero-order valence-corrected chi connectivity index (χ0v) is 20.6. The molecule has 1 aliphatic rings. The summed E-state index contributed by atoms with van der Waals surface area (Å²) in [6.07, 6.45) is 1.13. The van der Waals surface area contributed by atoms with Crippen molar-refractivity contribution in [2.24, 2.45) is 10.9 Å². The Labute approximate surface area is 192 Å². The topological polar surface area (TPSA) is 46.1 Å². The fourth-order valence-corrected chi connectivity index (χ4v) is 3.44. The van der Waals surface area contributed by atoms with E-state index in [1.54, 1.807) is 7.11 Å². The number of nitrogens with zero attached hydrogens (tertiary/aromatic N) is 2. The molecule has 0 aliphatic carbocycles. The summed E-state index contributed by atoms with van der Waals surface area (Å²) in [7, 11) is 1.70. The number of nitrogens with one attached hydrogen (secondary N) is 1. The van der Waals surface area contributed by atoms with Crippen molar-refractivity contribution in [3.8, 4) is 0 Å². The van der Waals surface area contributed by atoms with Gasteiger partial charge in [-0.2, -0.15) is 0 Å². The summed E-state index contributed by atoms with van der Waals surface area (Å²) in [4.78, 5) is 7.29. The summed E-state index contributed by atoms with van der Waals surface area (Å²) < 4.78 is 10.7. The highest BCUT2D eigenvalue weighted by atomic mass is 127. The Morgan fingerprint density at radius 2 is 2.14 bits per heavy atom. The lowest BCUT2D eigenvalue weighted by molar-refractivity contribution is 0.0536. The van der Waals surface area contributed by atoms with Gasteiger partial charge in [-0.1, -0.05) is 37.6 Å². The van der Waals surface area contributed by atoms with E-state index >= 15 is 0 Å². The Morgan fingerprint density at radius 1 is 1.36 bits per heavy atom. The number of likely N-dealkylation sites (tertiary alicyclic amines) is 1. The number of guanidine groups is 1. The molecule has 1 aromatic carbocycles. The molecule has 160 valence electrons. The number of methoxy groups -OCH3 is 1. The lowest BCUT2D eigenvalue weighted by Crippen LogP contribution is -2.41. The molecule has 28 heavy (non-hydrogen) atoms. The average molecular weight is 524 g/mol. The summed E-state index contributed by atoms with van der Waals surface area (Å²) in [6, 6.07) is 8.07. The highest BCUT2D eigenvalue weighted by Crippen LogP contribution is 2.26. The first kappa shape index (κ1) is 25.5. The van der Waals surface area contributed by atoms with Gasteiger partial charge >= 0.3 is 0 Å². The van der Waals surface area contributed by atoms with Crippen molar-refractivity contribution in [2.45, 2.75) is 32.6 Å². The molecule has 0 amide bonds. The van der Waals surface area contributed by atoms with Gasteiger partial charge in [0.05, 0.1) is 26.4 Å². The van der Waals surface area contributed by atoms with E-state index < -0.39 is 0 Å². The maximum atomic E-state index is 6.17. The Kier molecular flexibility index (Phi) is 11.7. The van der Waals surface area contributed by atoms with Gasteiger partial charge in [0, 0.05) is 43.1 Å². The van der Waals surface area contributed by atoms with Crippen LogP contribution in [0.5, 0.6) is 0 Å². The second kappa shape index (κ2) is 12.9. The van der Waals surface area contributed by atoms with E-state index in [0.717, 1.165) is 43.6 Å². The maximum Gasteiger partial charge on any atom is 0.193 e. The second-order valence-corrected chi connectivity index (χ2v) is 8.17. The first-order chi connectivity index (χ1) is 13.0. The Balaban J connectivity index is 0.00000392. The molecule has 1 heterocycles. The minimum atomic E-state index is -0.0754. The van der Waals surface area contributed by atoms with E-state index in [9.17, 15) is 0 Å². The van der Waals surface area contributed by atoms with Gasteiger partial charge in [-0.05, 0) is 31.0 Å². The van der Waals surface area contributed by atoms with E-state index in [-0.39, 0.29) is 29.4 Å². The van der Waals surface area contributed by atoms with Crippen molar-refractivity contribution in [1.82, 2.24) is 10.2 Å². The van der Waals surface area contributed by atoms with Crippen LogP contribution in [-0.4, -0.2) is 64.0 Å². The normalized spacial score (nSPS) is 17.5. The van der Waals surface area contributed by atoms with Gasteiger partial charge in [-0.3, -0.25) is 4.99 Å². The third-order valence-electron chi connectivity index (χ3n) is 4.94. The molecule has 1 N–H and O–H groups in total. The fraction of sp³-hybridized carbons (Fsp3) is 0.667. The molecule has 5 nitrogen and oxygen atoms in total. The van der Waals surface area contributed by atoms with Crippen molar-refractivity contribution in [1.29, 1.82) is 0 Å². The third kappa shape index (κ3) is 8.05. The van der Waals surface area contributed by atoms with Crippen LogP contribution < -0.4 is 5.32 Å². The Hall–Kier alpha value is -0.570. The second-order valence-electron chi connectivity index (χ2n) is 7.73. The van der Waals surface area contributed by atoms with Gasteiger partial charge in [0.15, 0.2) is 5.96 Å². The van der Waals surface area contributed by atoms with Crippen LogP contribution in [0.25, 0.3) is 0 Å². The molecule has 7 heteroatoms. The van der Waals surface area contributed by atoms with Crippen LogP contribution in [0.4, 0.5) is 0 Å². The van der Waals surface area contributed by atoms with E-state index in [1.807, 2.05) is 18.2 Å². The SMILES string of the molecule is CCNC(=NCC(C)(C)c1cccc(Cl)c1)N1CCC(COCCOC)C1.I. The van der Waals surface area contributed by atoms with Crippen molar-refractivity contribution >= 4 is 41.5 Å². The van der Waals surface area contributed by atoms with E-state index in [1.165, 1.54) is 5.56 Å². The molecule has 0 aromatic heterocycles. The molecule has 2 rings (SSSR count). The molecule has 1 fully saturated rings. The molecule has 1 saturated heterocycles. The monoisotopic (exact) mass is 523 g/mol. The number of hydrogen-bond donors (Lipinski definition) is 1. The van der Waals surface area contributed by atoms with E-state index in [4.69, 9.17) is 26.1 Å². The molecule has 0 bridgehead atoms. The highest BCUT2D eigenvalue weighted by molar-refractivity contribution is 14.0. The largest absolute Gasteiger partial charge is 0.382 e. The summed E-state index contributed by atoms with van der Waals surface area (Å²) >= 11 is 6.17. The minimum absolute atomic E-state index is 0. The van der Waals surface area contributed by atoms with Crippen molar-refractivity contribution in [3.05, 3.63) is 34.9 Å². The van der Waals surface area contributed by atoms with Gasteiger partial charge in [-0.25, -0.2) is 0 Å². The van der Waals surface area contributed by atoms with Crippen LogP contribution in [-0.2, 0) is 14.9 Å². The quantitative estimate of drug-likeness (QED) is 0.228. The Morgan fingerprint density at radius 3 is 2.82 bits per heavy atom. The summed E-state index contributed by atoms with van der Waals surface area (Å²) in [5.41, 5.74) is 1.13. The first-order valence-corrected chi connectivity index (χ1v) is 10.2. The fourth-order valence-electron chi connectivity index (χ4n) is 3.25. The third-order valence-corrected chi connectivity index (χ3v) is 5.17. The van der Waals surface area contributed by atoms with Gasteiger partial charge in [-0.15, -0.1) is 24.0 Å². The molecular weight excluding hydrogens is 489 g/mol. The molecule has 1 aromatic rings. The average Bonchev–Trinajstić information content (AvgIpc) is 3.11. The first-order valence-electron chi connectivity index (χ1n) is 9.82. The molecule has 1 aliphatic heterocycles. The van der Waals surface area contributed by atoms with Crippen molar-refractivity contribution in [3.63, 3.8) is 0 Å². The number of hydrogen-bond acceptors (Lipinski definition) is 3. The van der Waals surface area contributed by atoms with E-state index in [2.05, 4.69) is 37.1 Å². The molecular formula is C21H35ClIN3O2. The highest BCUT2D eigenvalue weighted by Gasteiger charge is 2.26. The van der Waals surface area contributed by atoms with E-state index in [0.29, 0.717) is 25.7 Å². The smallest absolute Gasteiger partial charge is 0.193 e. The lowest BCUT2D eigenvalue weighted by Gasteiger charge is -2.26. The lowest BCUT2D eigenvalue weighted by atomic mass is 9.85. The number of ether oxygens (including phenoxy) is 2. The van der Waals surface area contributed by atoms with Gasteiger partial charge in [0.25, 0.3) is 0 Å². The van der Waals surface area contributed by atoms with Crippen molar-refractivity contribution in [2.75, 3.05) is 53.1 Å². The molecule has 1 unspecified atom stereocenters. The summed E-state index contributed by atoms with van der Waals surface area (Å²) in [6.45, 7) is 12.2. The predicted octanol–water partition coefficient (Wildman–Crippen LogP) is 4.19. The predicted molar refractivity (Wildman–Crippen MR) is 128 cm³/mol. The van der Waals surface area contributed by atoms with Crippen LogP contribution in [0, 0.1) is 5.92 Å². The Bertz CT molecular complexity index is 613. The molecule has 1 atom stereocenters. The zero-order chi connectivity index (χ0) is 19.7. The molecule has 0 saturated carbocycles. The molecule has 0 radical (unpaired) electrons. The van der Waals surface area contributed by atoms with Crippen LogP contribution in [0.15, 0.2) is 29.3 Å². The minimum Gasteiger partial charge on any atom is -0.382 e. The van der Waals surface area contributed by atoms with Crippen LogP contribution >= 0.6 is 35.6 Å². The molecule has 0 spiro atoms. The number of benzene rings is 1. The standard InChI is InChI=1S/C21H34ClN3O2.HI/c1-5-23-20(25-10-9-17(14-25)15-27-12-11-26-4)24-16-21(2,3)18-7-6-8-19(22)13-18;/h6-8,13,17H,5,9-12,14-16H2,1-4H3,(H,23,24);1H. The van der Waals surface area contributed by atoms with Gasteiger partial charge < -0.3 is 19.7 Å². The number of halogens is 2. The van der Waals surface area contributed by atoms with Gasteiger partial charge in [0.2, 0.25) is 0 Å². The van der Waals surface area contributed by atoms with Crippen molar-refractivity contribution < 1.29 is 9.47 Å². The van der Waals surface area contributed by atoms with Crippen LogP contribution in [0.3, 0.4) is 0 Å². The van der Waals surface area contributed by atoms with Crippen LogP contribution in [0.1, 0.15) is 32.8 Å². The summed E-state index contributed by atoms with van der Waals surface area (Å²) in [5, 5.41) is 4.22. The van der Waals surface area contributed by atoms with Gasteiger partial charge in [0.1, 0.15) is 0 Å². The summed E-state index contributed by atoms with van der Waals surface area (Å²) in [5.74, 6) is 1.54. The number of aliphatic imine (C=N–C) groups is 1. The zero-order valence-electron chi connectivity index (χ0n) is 17.5.